The highest BCUT2D eigenvalue weighted by Crippen LogP contribution is 2.22. The van der Waals surface area contributed by atoms with Gasteiger partial charge < -0.3 is 10.3 Å². The van der Waals surface area contributed by atoms with E-state index in [1.54, 1.807) is 12.1 Å². The van der Waals surface area contributed by atoms with Gasteiger partial charge in [-0.05, 0) is 36.6 Å². The summed E-state index contributed by atoms with van der Waals surface area (Å²) in [6.45, 7) is 5.40. The molecule has 0 saturated heterocycles. The summed E-state index contributed by atoms with van der Waals surface area (Å²) in [4.78, 5) is 26.4. The molecule has 1 atom stereocenters. The molecule has 0 fully saturated rings. The van der Waals surface area contributed by atoms with E-state index in [1.807, 2.05) is 13.8 Å². The normalized spacial score (nSPS) is 12.2. The lowest BCUT2D eigenvalue weighted by Gasteiger charge is -2.22. The number of Topliss-reactive ketones (excluding diaryl/α,β-unsaturated/α-hetero) is 1. The van der Waals surface area contributed by atoms with Crippen molar-refractivity contribution in [3.8, 4) is 0 Å². The number of carbonyl (C=O) groups excluding carboxylic acids is 2. The average Bonchev–Trinajstić information content (AvgIpc) is 2.95. The van der Waals surface area contributed by atoms with Gasteiger partial charge in [-0.25, -0.2) is 4.39 Å². The molecule has 0 bridgehead atoms. The van der Waals surface area contributed by atoms with Crippen molar-refractivity contribution in [2.45, 2.75) is 26.8 Å². The van der Waals surface area contributed by atoms with Crippen LogP contribution in [0.15, 0.2) is 36.5 Å². The van der Waals surface area contributed by atoms with Gasteiger partial charge in [-0.1, -0.05) is 26.0 Å². The fourth-order valence-electron chi connectivity index (χ4n) is 2.25. The quantitative estimate of drug-likeness (QED) is 0.831. The van der Waals surface area contributed by atoms with E-state index in [0.29, 0.717) is 11.3 Å². The topological polar surface area (TPSA) is 62.0 Å². The van der Waals surface area contributed by atoms with Crippen LogP contribution in [0.5, 0.6) is 0 Å². The third-order valence-electron chi connectivity index (χ3n) is 3.52. The highest BCUT2D eigenvalue weighted by atomic mass is 19.1. The SMILES string of the molecule is CC(=O)c1c[nH]c(C(=O)NC(c2ccc(F)cc2)C(C)C)c1. The molecule has 0 aliphatic rings. The number of hydrogen-bond acceptors (Lipinski definition) is 2. The first kappa shape index (κ1) is 15.9. The lowest BCUT2D eigenvalue weighted by molar-refractivity contribution is 0.0921. The molecule has 2 rings (SSSR count). The zero-order chi connectivity index (χ0) is 16.3. The van der Waals surface area contributed by atoms with E-state index in [9.17, 15) is 14.0 Å². The Labute approximate surface area is 128 Å². The Morgan fingerprint density at radius 3 is 2.32 bits per heavy atom. The molecule has 116 valence electrons. The first-order chi connectivity index (χ1) is 10.4. The van der Waals surface area contributed by atoms with E-state index >= 15 is 0 Å². The number of aromatic amines is 1. The van der Waals surface area contributed by atoms with Gasteiger partial charge in [-0.15, -0.1) is 0 Å². The fraction of sp³-hybridized carbons (Fsp3) is 0.294. The summed E-state index contributed by atoms with van der Waals surface area (Å²) < 4.78 is 13.0. The summed E-state index contributed by atoms with van der Waals surface area (Å²) in [5.41, 5.74) is 1.63. The first-order valence-electron chi connectivity index (χ1n) is 7.14. The Balaban J connectivity index is 2.18. The van der Waals surface area contributed by atoms with Crippen LogP contribution in [-0.4, -0.2) is 16.7 Å². The lowest BCUT2D eigenvalue weighted by atomic mass is 9.96. The molecule has 4 nitrogen and oxygen atoms in total. The summed E-state index contributed by atoms with van der Waals surface area (Å²) in [6.07, 6.45) is 1.51. The van der Waals surface area contributed by atoms with Crippen LogP contribution in [-0.2, 0) is 0 Å². The molecule has 0 aliphatic carbocycles. The molecule has 2 N–H and O–H groups in total. The number of benzene rings is 1. The molecule has 5 heteroatoms. The Bertz CT molecular complexity index is 674. The van der Waals surface area contributed by atoms with Crippen LogP contribution in [0, 0.1) is 11.7 Å². The van der Waals surface area contributed by atoms with Gasteiger partial charge in [0.05, 0.1) is 6.04 Å². The number of amides is 1. The second-order valence-electron chi connectivity index (χ2n) is 5.60. The van der Waals surface area contributed by atoms with Crippen LogP contribution in [0.2, 0.25) is 0 Å². The van der Waals surface area contributed by atoms with E-state index in [0.717, 1.165) is 5.56 Å². The summed E-state index contributed by atoms with van der Waals surface area (Å²) in [5.74, 6) is -0.575. The summed E-state index contributed by atoms with van der Waals surface area (Å²) >= 11 is 0. The number of nitrogens with one attached hydrogen (secondary N) is 2. The van der Waals surface area contributed by atoms with Crippen molar-refractivity contribution in [3.05, 3.63) is 59.2 Å². The highest BCUT2D eigenvalue weighted by molar-refractivity contribution is 5.99. The van der Waals surface area contributed by atoms with Crippen molar-refractivity contribution in [2.24, 2.45) is 5.92 Å². The fourth-order valence-corrected chi connectivity index (χ4v) is 2.25. The van der Waals surface area contributed by atoms with E-state index in [-0.39, 0.29) is 29.5 Å². The average molecular weight is 302 g/mol. The Hall–Kier alpha value is -2.43. The maximum absolute atomic E-state index is 13.0. The molecule has 1 amide bonds. The number of ketones is 1. The Kier molecular flexibility index (Phi) is 4.75. The minimum atomic E-state index is -0.312. The maximum Gasteiger partial charge on any atom is 0.268 e. The minimum absolute atomic E-state index is 0.103. The smallest absolute Gasteiger partial charge is 0.268 e. The molecule has 1 unspecified atom stereocenters. The number of rotatable bonds is 5. The van der Waals surface area contributed by atoms with Gasteiger partial charge in [-0.2, -0.15) is 0 Å². The maximum atomic E-state index is 13.0. The second kappa shape index (κ2) is 6.56. The van der Waals surface area contributed by atoms with Crippen molar-refractivity contribution < 1.29 is 14.0 Å². The van der Waals surface area contributed by atoms with Gasteiger partial charge >= 0.3 is 0 Å². The zero-order valence-electron chi connectivity index (χ0n) is 12.8. The summed E-state index contributed by atoms with van der Waals surface area (Å²) in [7, 11) is 0. The monoisotopic (exact) mass is 302 g/mol. The molecule has 1 aromatic heterocycles. The molecular weight excluding hydrogens is 283 g/mol. The van der Waals surface area contributed by atoms with Crippen molar-refractivity contribution in [1.29, 1.82) is 0 Å². The van der Waals surface area contributed by atoms with Crippen molar-refractivity contribution in [2.75, 3.05) is 0 Å². The van der Waals surface area contributed by atoms with Crippen molar-refractivity contribution >= 4 is 11.7 Å². The zero-order valence-corrected chi connectivity index (χ0v) is 12.8. The van der Waals surface area contributed by atoms with Crippen molar-refractivity contribution in [3.63, 3.8) is 0 Å². The number of halogens is 1. The highest BCUT2D eigenvalue weighted by Gasteiger charge is 2.20. The van der Waals surface area contributed by atoms with E-state index in [4.69, 9.17) is 0 Å². The van der Waals surface area contributed by atoms with Crippen LogP contribution in [0.25, 0.3) is 0 Å². The number of carbonyl (C=O) groups is 2. The van der Waals surface area contributed by atoms with Crippen LogP contribution < -0.4 is 5.32 Å². The van der Waals surface area contributed by atoms with Gasteiger partial charge in [0.1, 0.15) is 11.5 Å². The van der Waals surface area contributed by atoms with E-state index in [2.05, 4.69) is 10.3 Å². The number of hydrogen-bond donors (Lipinski definition) is 2. The molecule has 1 heterocycles. The van der Waals surface area contributed by atoms with Crippen LogP contribution >= 0.6 is 0 Å². The molecule has 22 heavy (non-hydrogen) atoms. The Morgan fingerprint density at radius 1 is 1.18 bits per heavy atom. The van der Waals surface area contributed by atoms with Gasteiger partial charge in [0, 0.05) is 11.8 Å². The van der Waals surface area contributed by atoms with Gasteiger partial charge in [0.15, 0.2) is 5.78 Å². The number of aromatic nitrogens is 1. The standard InChI is InChI=1S/C17H19FN2O2/c1-10(2)16(12-4-6-14(18)7-5-12)20-17(22)15-8-13(9-19-15)11(3)21/h4-10,16,19H,1-3H3,(H,20,22). The minimum Gasteiger partial charge on any atom is -0.356 e. The second-order valence-corrected chi connectivity index (χ2v) is 5.60. The summed E-state index contributed by atoms with van der Waals surface area (Å²) in [5, 5.41) is 2.92. The van der Waals surface area contributed by atoms with Gasteiger partial charge in [-0.3, -0.25) is 9.59 Å². The van der Waals surface area contributed by atoms with E-state index < -0.39 is 0 Å². The van der Waals surface area contributed by atoms with Gasteiger partial charge in [0.25, 0.3) is 5.91 Å². The third kappa shape index (κ3) is 3.61. The number of H-pyrrole nitrogens is 1. The van der Waals surface area contributed by atoms with Crippen LogP contribution in [0.3, 0.4) is 0 Å². The predicted octanol–water partition coefficient (Wildman–Crippen LogP) is 3.48. The third-order valence-corrected chi connectivity index (χ3v) is 3.52. The molecule has 0 radical (unpaired) electrons. The molecule has 2 aromatic rings. The molecular formula is C17H19FN2O2. The van der Waals surface area contributed by atoms with Crippen LogP contribution in [0.4, 0.5) is 4.39 Å². The van der Waals surface area contributed by atoms with Crippen molar-refractivity contribution in [1.82, 2.24) is 10.3 Å². The van der Waals surface area contributed by atoms with Gasteiger partial charge in [0.2, 0.25) is 0 Å². The van der Waals surface area contributed by atoms with Crippen LogP contribution in [0.1, 0.15) is 53.2 Å². The Morgan fingerprint density at radius 2 is 1.82 bits per heavy atom. The van der Waals surface area contributed by atoms with E-state index in [1.165, 1.54) is 31.3 Å². The first-order valence-corrected chi connectivity index (χ1v) is 7.14. The molecule has 0 aliphatic heterocycles. The molecule has 1 aromatic carbocycles. The molecule has 0 saturated carbocycles. The predicted molar refractivity (Wildman–Crippen MR) is 82.2 cm³/mol. The molecule has 0 spiro atoms. The largest absolute Gasteiger partial charge is 0.356 e. The lowest BCUT2D eigenvalue weighted by Crippen LogP contribution is -2.32. The summed E-state index contributed by atoms with van der Waals surface area (Å²) in [6, 6.07) is 7.36.